The number of nitriles is 1. The van der Waals surface area contributed by atoms with Crippen molar-refractivity contribution in [2.24, 2.45) is 5.92 Å². The molecule has 8 heteroatoms. The minimum atomic E-state index is -0.812. The van der Waals surface area contributed by atoms with Gasteiger partial charge in [0.05, 0.1) is 0 Å². The lowest BCUT2D eigenvalue weighted by Gasteiger charge is -2.26. The minimum absolute atomic E-state index is 0.0200. The van der Waals surface area contributed by atoms with Crippen LogP contribution in [0.1, 0.15) is 36.6 Å². The Labute approximate surface area is 155 Å². The van der Waals surface area contributed by atoms with Crippen molar-refractivity contribution in [2.45, 2.75) is 37.8 Å². The Kier molecular flexibility index (Phi) is 5.38. The smallest absolute Gasteiger partial charge is 0.303 e. The number of carboxylic acid groups (broad SMARTS) is 1. The Morgan fingerprint density at radius 1 is 1.46 bits per heavy atom. The summed E-state index contributed by atoms with van der Waals surface area (Å²) < 4.78 is 0. The highest BCUT2D eigenvalue weighted by atomic mass is 32.2. The van der Waals surface area contributed by atoms with E-state index in [4.69, 9.17) is 10.8 Å². The summed E-state index contributed by atoms with van der Waals surface area (Å²) >= 11 is 1.54. The molecule has 0 amide bonds. The van der Waals surface area contributed by atoms with Crippen LogP contribution < -0.4 is 5.73 Å². The number of rotatable bonds is 5. The molecule has 1 atom stereocenters. The fourth-order valence-corrected chi connectivity index (χ4v) is 3.86. The molecule has 7 nitrogen and oxygen atoms in total. The van der Waals surface area contributed by atoms with Crippen LogP contribution in [-0.2, 0) is 17.6 Å². The molecule has 0 bridgehead atoms. The van der Waals surface area contributed by atoms with Crippen molar-refractivity contribution in [3.8, 4) is 17.2 Å². The molecule has 0 saturated carbocycles. The standard InChI is InChI=1S/C18H19N5O2S/c1-2-26-18-21-8-11(9-22-18)16-12-5-10(6-15(24)25)3-4-14(12)23-17(20)13(16)7-19/h8-10H,2-6H2,1H3,(H2,20,23)(H,24,25). The summed E-state index contributed by atoms with van der Waals surface area (Å²) in [7, 11) is 0. The van der Waals surface area contributed by atoms with Crippen LogP contribution in [0.5, 0.6) is 0 Å². The van der Waals surface area contributed by atoms with Crippen molar-refractivity contribution in [1.82, 2.24) is 15.0 Å². The van der Waals surface area contributed by atoms with Crippen molar-refractivity contribution < 1.29 is 9.90 Å². The van der Waals surface area contributed by atoms with E-state index in [-0.39, 0.29) is 18.2 Å². The largest absolute Gasteiger partial charge is 0.481 e. The number of thioether (sulfide) groups is 1. The number of hydrogen-bond donors (Lipinski definition) is 2. The molecule has 0 aromatic carbocycles. The maximum Gasteiger partial charge on any atom is 0.303 e. The van der Waals surface area contributed by atoms with Crippen molar-refractivity contribution >= 4 is 23.5 Å². The van der Waals surface area contributed by atoms with Crippen LogP contribution in [0, 0.1) is 17.2 Å². The first-order valence-corrected chi connectivity index (χ1v) is 9.40. The van der Waals surface area contributed by atoms with Crippen LogP contribution in [-0.4, -0.2) is 31.8 Å². The molecule has 26 heavy (non-hydrogen) atoms. The predicted molar refractivity (Wildman–Crippen MR) is 98.6 cm³/mol. The molecule has 3 N–H and O–H groups in total. The number of nitrogens with zero attached hydrogens (tertiary/aromatic N) is 4. The summed E-state index contributed by atoms with van der Waals surface area (Å²) in [6.07, 6.45) is 5.46. The summed E-state index contributed by atoms with van der Waals surface area (Å²) in [5.74, 6) is 0.279. The van der Waals surface area contributed by atoms with E-state index in [0.717, 1.165) is 23.4 Å². The third-order valence-electron chi connectivity index (χ3n) is 4.46. The molecule has 1 aliphatic rings. The van der Waals surface area contributed by atoms with Gasteiger partial charge < -0.3 is 10.8 Å². The number of nitrogen functional groups attached to an aromatic ring is 1. The van der Waals surface area contributed by atoms with E-state index in [1.165, 1.54) is 11.8 Å². The second kappa shape index (κ2) is 7.70. The molecule has 0 spiro atoms. The summed E-state index contributed by atoms with van der Waals surface area (Å²) in [6, 6.07) is 2.14. The van der Waals surface area contributed by atoms with Crippen LogP contribution in [0.2, 0.25) is 0 Å². The fraction of sp³-hybridized carbons (Fsp3) is 0.389. The highest BCUT2D eigenvalue weighted by molar-refractivity contribution is 7.99. The number of fused-ring (bicyclic) bond motifs is 1. The molecule has 2 heterocycles. The first-order valence-electron chi connectivity index (χ1n) is 8.41. The van der Waals surface area contributed by atoms with E-state index in [1.807, 2.05) is 6.92 Å². The lowest BCUT2D eigenvalue weighted by atomic mass is 9.80. The van der Waals surface area contributed by atoms with Gasteiger partial charge in [0.15, 0.2) is 5.16 Å². The second-order valence-electron chi connectivity index (χ2n) is 6.18. The zero-order valence-electron chi connectivity index (χ0n) is 14.4. The number of aromatic nitrogens is 3. The third-order valence-corrected chi connectivity index (χ3v) is 5.22. The van der Waals surface area contributed by atoms with Crippen LogP contribution in [0.3, 0.4) is 0 Å². The monoisotopic (exact) mass is 369 g/mol. The van der Waals surface area contributed by atoms with E-state index in [0.29, 0.717) is 34.7 Å². The Bertz CT molecular complexity index is 877. The van der Waals surface area contributed by atoms with Crippen LogP contribution >= 0.6 is 11.8 Å². The molecule has 0 aliphatic heterocycles. The molecule has 2 aromatic heterocycles. The number of aliphatic carboxylic acids is 1. The third kappa shape index (κ3) is 3.63. The summed E-state index contributed by atoms with van der Waals surface area (Å²) in [6.45, 7) is 2.03. The molecule has 1 unspecified atom stereocenters. The van der Waals surface area contributed by atoms with Crippen molar-refractivity contribution in [2.75, 3.05) is 11.5 Å². The number of aryl methyl sites for hydroxylation is 1. The topological polar surface area (TPSA) is 126 Å². The lowest BCUT2D eigenvalue weighted by molar-refractivity contribution is -0.138. The zero-order valence-corrected chi connectivity index (χ0v) is 15.2. The van der Waals surface area contributed by atoms with Gasteiger partial charge in [-0.15, -0.1) is 0 Å². The highest BCUT2D eigenvalue weighted by Crippen LogP contribution is 2.37. The molecule has 0 saturated heterocycles. The highest BCUT2D eigenvalue weighted by Gasteiger charge is 2.28. The first-order chi connectivity index (χ1) is 12.5. The normalized spacial score (nSPS) is 15.9. The summed E-state index contributed by atoms with van der Waals surface area (Å²) in [5.41, 5.74) is 9.46. The molecule has 0 fully saturated rings. The SMILES string of the molecule is CCSc1ncc(-c2c(C#N)c(N)nc3c2CC(CC(=O)O)CC3)cn1. The lowest BCUT2D eigenvalue weighted by Crippen LogP contribution is -2.21. The van der Waals surface area contributed by atoms with Crippen LogP contribution in [0.25, 0.3) is 11.1 Å². The van der Waals surface area contributed by atoms with Gasteiger partial charge in [-0.2, -0.15) is 5.26 Å². The fourth-order valence-electron chi connectivity index (χ4n) is 3.35. The quantitative estimate of drug-likeness (QED) is 0.608. The average Bonchev–Trinajstić information content (AvgIpc) is 2.61. The molecule has 134 valence electrons. The second-order valence-corrected chi connectivity index (χ2v) is 7.41. The number of carbonyl (C=O) groups is 1. The molecular weight excluding hydrogens is 350 g/mol. The van der Waals surface area contributed by atoms with Crippen molar-refractivity contribution in [3.63, 3.8) is 0 Å². The van der Waals surface area contributed by atoms with Gasteiger partial charge in [0.1, 0.15) is 17.5 Å². The summed E-state index contributed by atoms with van der Waals surface area (Å²) in [5, 5.41) is 19.4. The summed E-state index contributed by atoms with van der Waals surface area (Å²) in [4.78, 5) is 24.2. The van der Waals surface area contributed by atoms with Gasteiger partial charge in [-0.05, 0) is 36.5 Å². The number of pyridine rings is 1. The Morgan fingerprint density at radius 3 is 2.81 bits per heavy atom. The predicted octanol–water partition coefficient (Wildman–Crippen LogP) is 2.68. The van der Waals surface area contributed by atoms with E-state index >= 15 is 0 Å². The van der Waals surface area contributed by atoms with E-state index < -0.39 is 5.97 Å². The minimum Gasteiger partial charge on any atom is -0.481 e. The molecule has 1 aliphatic carbocycles. The van der Waals surface area contributed by atoms with Gasteiger partial charge in [0.2, 0.25) is 0 Å². The van der Waals surface area contributed by atoms with Gasteiger partial charge >= 0.3 is 5.97 Å². The number of nitrogens with two attached hydrogens (primary N) is 1. The van der Waals surface area contributed by atoms with Gasteiger partial charge in [0, 0.05) is 35.6 Å². The van der Waals surface area contributed by atoms with E-state index in [1.54, 1.807) is 12.4 Å². The van der Waals surface area contributed by atoms with E-state index in [2.05, 4.69) is 21.0 Å². The average molecular weight is 369 g/mol. The number of anilines is 1. The Morgan fingerprint density at radius 2 is 2.19 bits per heavy atom. The number of carboxylic acids is 1. The van der Waals surface area contributed by atoms with Gasteiger partial charge in [-0.1, -0.05) is 18.7 Å². The number of hydrogen-bond acceptors (Lipinski definition) is 7. The van der Waals surface area contributed by atoms with Crippen LogP contribution in [0.15, 0.2) is 17.6 Å². The maximum absolute atomic E-state index is 11.1. The Hall–Kier alpha value is -2.66. The van der Waals surface area contributed by atoms with Gasteiger partial charge in [-0.3, -0.25) is 4.79 Å². The van der Waals surface area contributed by atoms with Crippen molar-refractivity contribution in [3.05, 3.63) is 29.2 Å². The van der Waals surface area contributed by atoms with E-state index in [9.17, 15) is 10.1 Å². The van der Waals surface area contributed by atoms with Gasteiger partial charge in [-0.25, -0.2) is 15.0 Å². The molecule has 3 rings (SSSR count). The molecule has 2 aromatic rings. The first kappa shape index (κ1) is 18.1. The van der Waals surface area contributed by atoms with Crippen molar-refractivity contribution in [1.29, 1.82) is 5.26 Å². The van der Waals surface area contributed by atoms with Gasteiger partial charge in [0.25, 0.3) is 0 Å². The zero-order chi connectivity index (χ0) is 18.7. The molecular formula is C18H19N5O2S. The molecule has 0 radical (unpaired) electrons. The maximum atomic E-state index is 11.1. The Balaban J connectivity index is 2.09. The van der Waals surface area contributed by atoms with Crippen LogP contribution in [0.4, 0.5) is 5.82 Å².